The molecule has 0 aromatic heterocycles. The maximum Gasteiger partial charge on any atom is 0.322 e. The van der Waals surface area contributed by atoms with Crippen molar-refractivity contribution in [2.75, 3.05) is 18.4 Å². The summed E-state index contributed by atoms with van der Waals surface area (Å²) in [7, 11) is 0. The number of amides is 2. The lowest BCUT2D eigenvalue weighted by Gasteiger charge is -2.20. The van der Waals surface area contributed by atoms with Crippen LogP contribution >= 0.6 is 0 Å². The molecule has 0 bridgehead atoms. The molecule has 2 N–H and O–H groups in total. The summed E-state index contributed by atoms with van der Waals surface area (Å²) in [5.74, 6) is 1.62. The molecule has 5 heteroatoms. The van der Waals surface area contributed by atoms with Crippen LogP contribution in [0.15, 0.2) is 24.3 Å². The van der Waals surface area contributed by atoms with Gasteiger partial charge in [0.2, 0.25) is 0 Å². The van der Waals surface area contributed by atoms with Crippen LogP contribution in [0.3, 0.4) is 0 Å². The number of hydrogen-bond donors (Lipinski definition) is 2. The molecule has 0 radical (unpaired) electrons. The van der Waals surface area contributed by atoms with Crippen LogP contribution in [0.5, 0.6) is 0 Å². The van der Waals surface area contributed by atoms with Gasteiger partial charge in [-0.25, -0.2) is 4.79 Å². The molecular weight excluding hydrogens is 268 g/mol. The van der Waals surface area contributed by atoms with Crippen LogP contribution in [0.4, 0.5) is 10.5 Å². The molecule has 1 rings (SSSR count). The smallest absolute Gasteiger partial charge is 0.322 e. The van der Waals surface area contributed by atoms with E-state index >= 15 is 0 Å². The number of aliphatic carboxylic acids is 1. The minimum Gasteiger partial charge on any atom is -0.481 e. The van der Waals surface area contributed by atoms with E-state index in [0.29, 0.717) is 18.7 Å². The van der Waals surface area contributed by atoms with Crippen LogP contribution in [0.25, 0.3) is 0 Å². The largest absolute Gasteiger partial charge is 0.481 e. The van der Waals surface area contributed by atoms with Gasteiger partial charge in [0.1, 0.15) is 0 Å². The molecule has 0 aliphatic heterocycles. The Kier molecular flexibility index (Phi) is 6.82. The Hall–Kier alpha value is -2.48. The Morgan fingerprint density at radius 2 is 2.19 bits per heavy atom. The Bertz CT molecular complexity index is 535. The van der Waals surface area contributed by atoms with Gasteiger partial charge in [-0.1, -0.05) is 25.0 Å². The molecule has 2 amide bonds. The topological polar surface area (TPSA) is 69.6 Å². The minimum absolute atomic E-state index is 0.0659. The minimum atomic E-state index is -0.840. The van der Waals surface area contributed by atoms with Gasteiger partial charge in [0.05, 0.1) is 6.54 Å². The van der Waals surface area contributed by atoms with E-state index in [1.165, 1.54) is 0 Å². The number of anilines is 1. The molecule has 21 heavy (non-hydrogen) atoms. The summed E-state index contributed by atoms with van der Waals surface area (Å²) in [6, 6.07) is 6.93. The number of benzene rings is 1. The van der Waals surface area contributed by atoms with E-state index in [2.05, 4.69) is 11.2 Å². The molecule has 0 saturated carbocycles. The Morgan fingerprint density at radius 1 is 1.43 bits per heavy atom. The molecule has 112 valence electrons. The van der Waals surface area contributed by atoms with Crippen molar-refractivity contribution >= 4 is 17.7 Å². The lowest BCUT2D eigenvalue weighted by molar-refractivity contribution is -0.136. The zero-order chi connectivity index (χ0) is 15.7. The maximum atomic E-state index is 12.1. The first-order valence-electron chi connectivity index (χ1n) is 6.87. The third-order valence-corrected chi connectivity index (χ3v) is 2.87. The summed E-state index contributed by atoms with van der Waals surface area (Å²) in [4.78, 5) is 24.2. The molecule has 0 saturated heterocycles. The van der Waals surface area contributed by atoms with Crippen LogP contribution < -0.4 is 5.32 Å². The van der Waals surface area contributed by atoms with Crippen LogP contribution in [-0.4, -0.2) is 35.1 Å². The highest BCUT2D eigenvalue weighted by Crippen LogP contribution is 2.13. The van der Waals surface area contributed by atoms with Crippen molar-refractivity contribution in [3.63, 3.8) is 0 Å². The van der Waals surface area contributed by atoms with E-state index in [9.17, 15) is 9.59 Å². The number of nitrogens with one attached hydrogen (secondary N) is 1. The van der Waals surface area contributed by atoms with Crippen LogP contribution in [-0.2, 0) is 11.2 Å². The second kappa shape index (κ2) is 8.64. The first-order chi connectivity index (χ1) is 10.1. The third-order valence-electron chi connectivity index (χ3n) is 2.87. The number of carboxylic acids is 1. The van der Waals surface area contributed by atoms with Gasteiger partial charge < -0.3 is 15.3 Å². The number of carbonyl (C=O) groups excluding carboxylic acids is 1. The predicted molar refractivity (Wildman–Crippen MR) is 82.1 cm³/mol. The van der Waals surface area contributed by atoms with Gasteiger partial charge in [-0.05, 0) is 30.5 Å². The number of carboxylic acid groups (broad SMARTS) is 1. The molecule has 0 atom stereocenters. The van der Waals surface area contributed by atoms with Crippen molar-refractivity contribution in [3.05, 3.63) is 29.8 Å². The summed E-state index contributed by atoms with van der Waals surface area (Å²) < 4.78 is 0. The SMILES string of the molecule is C#CCN(CCC)C(=O)Nc1cccc(CCC(=O)O)c1. The van der Waals surface area contributed by atoms with Crippen molar-refractivity contribution in [1.29, 1.82) is 0 Å². The Morgan fingerprint density at radius 3 is 2.81 bits per heavy atom. The molecule has 1 aromatic rings. The van der Waals surface area contributed by atoms with Crippen molar-refractivity contribution in [1.82, 2.24) is 4.90 Å². The first-order valence-corrected chi connectivity index (χ1v) is 6.87. The van der Waals surface area contributed by atoms with E-state index in [-0.39, 0.29) is 19.0 Å². The van der Waals surface area contributed by atoms with E-state index in [1.807, 2.05) is 13.0 Å². The van der Waals surface area contributed by atoms with Crippen molar-refractivity contribution in [3.8, 4) is 12.3 Å². The average Bonchev–Trinajstić information content (AvgIpc) is 2.45. The van der Waals surface area contributed by atoms with Gasteiger partial charge in [-0.15, -0.1) is 6.42 Å². The first kappa shape index (κ1) is 16.6. The van der Waals surface area contributed by atoms with Crippen molar-refractivity contribution in [2.24, 2.45) is 0 Å². The van der Waals surface area contributed by atoms with E-state index in [0.717, 1.165) is 12.0 Å². The molecule has 0 aliphatic rings. The fourth-order valence-corrected chi connectivity index (χ4v) is 1.89. The highest BCUT2D eigenvalue weighted by atomic mass is 16.4. The second-order valence-electron chi connectivity index (χ2n) is 4.65. The molecule has 0 unspecified atom stereocenters. The molecular formula is C16H20N2O3. The summed E-state index contributed by atoms with van der Waals surface area (Å²) in [5.41, 5.74) is 1.51. The molecule has 0 spiro atoms. The Labute approximate surface area is 125 Å². The number of terminal acetylenes is 1. The van der Waals surface area contributed by atoms with E-state index < -0.39 is 5.97 Å². The fourth-order valence-electron chi connectivity index (χ4n) is 1.89. The average molecular weight is 288 g/mol. The van der Waals surface area contributed by atoms with Crippen LogP contribution in [0.2, 0.25) is 0 Å². The molecule has 1 aromatic carbocycles. The molecule has 5 nitrogen and oxygen atoms in total. The zero-order valence-corrected chi connectivity index (χ0v) is 12.1. The number of aryl methyl sites for hydroxylation is 1. The lowest BCUT2D eigenvalue weighted by Crippen LogP contribution is -2.35. The number of carbonyl (C=O) groups is 2. The van der Waals surface area contributed by atoms with Gasteiger partial charge in [0.25, 0.3) is 0 Å². The number of nitrogens with zero attached hydrogens (tertiary/aromatic N) is 1. The highest BCUT2D eigenvalue weighted by molar-refractivity contribution is 5.89. The number of urea groups is 1. The Balaban J connectivity index is 2.68. The maximum absolute atomic E-state index is 12.1. The molecule has 0 fully saturated rings. The van der Waals surface area contributed by atoms with Gasteiger partial charge in [0, 0.05) is 18.7 Å². The van der Waals surface area contributed by atoms with Crippen LogP contribution in [0, 0.1) is 12.3 Å². The van der Waals surface area contributed by atoms with E-state index in [1.54, 1.807) is 23.1 Å². The quantitative estimate of drug-likeness (QED) is 0.758. The molecule has 0 aliphatic carbocycles. The molecule has 0 heterocycles. The zero-order valence-electron chi connectivity index (χ0n) is 12.1. The van der Waals surface area contributed by atoms with Crippen molar-refractivity contribution in [2.45, 2.75) is 26.2 Å². The van der Waals surface area contributed by atoms with Crippen molar-refractivity contribution < 1.29 is 14.7 Å². The van der Waals surface area contributed by atoms with E-state index in [4.69, 9.17) is 11.5 Å². The highest BCUT2D eigenvalue weighted by Gasteiger charge is 2.11. The third kappa shape index (κ3) is 6.00. The summed E-state index contributed by atoms with van der Waals surface area (Å²) in [6.07, 6.45) is 6.58. The van der Waals surface area contributed by atoms with Crippen LogP contribution in [0.1, 0.15) is 25.3 Å². The van der Waals surface area contributed by atoms with Gasteiger partial charge in [0.15, 0.2) is 0 Å². The predicted octanol–water partition coefficient (Wildman–Crippen LogP) is 2.58. The fraction of sp³-hybridized carbons (Fsp3) is 0.375. The standard InChI is InChI=1S/C16H20N2O3/c1-3-10-18(11-4-2)16(21)17-14-7-5-6-13(12-14)8-9-15(19)20/h1,5-7,12H,4,8-11H2,2H3,(H,17,21)(H,19,20). The van der Waals surface area contributed by atoms with Gasteiger partial charge >= 0.3 is 12.0 Å². The van der Waals surface area contributed by atoms with Gasteiger partial charge in [-0.2, -0.15) is 0 Å². The number of rotatable bonds is 7. The van der Waals surface area contributed by atoms with Gasteiger partial charge in [-0.3, -0.25) is 4.79 Å². The second-order valence-corrected chi connectivity index (χ2v) is 4.65. The summed E-state index contributed by atoms with van der Waals surface area (Å²) in [6.45, 7) is 2.83. The summed E-state index contributed by atoms with van der Waals surface area (Å²) in [5, 5.41) is 11.5. The normalized spacial score (nSPS) is 9.71. The summed E-state index contributed by atoms with van der Waals surface area (Å²) >= 11 is 0. The monoisotopic (exact) mass is 288 g/mol. The lowest BCUT2D eigenvalue weighted by atomic mass is 10.1. The number of hydrogen-bond acceptors (Lipinski definition) is 2.